The maximum Gasteiger partial charge on any atom is 0.238 e. The maximum atomic E-state index is 13.7. The summed E-state index contributed by atoms with van der Waals surface area (Å²) in [5, 5.41) is 0. The van der Waals surface area contributed by atoms with Crippen LogP contribution in [0.3, 0.4) is 0 Å². The molecule has 1 fully saturated rings. The predicted molar refractivity (Wildman–Crippen MR) is 121 cm³/mol. The number of hydrogen-bond acceptors (Lipinski definition) is 2. The Hall–Kier alpha value is -2.98. The van der Waals surface area contributed by atoms with Crippen molar-refractivity contribution in [1.29, 1.82) is 0 Å². The first-order valence-electron chi connectivity index (χ1n) is 10.1. The van der Waals surface area contributed by atoms with E-state index in [4.69, 9.17) is 0 Å². The molecule has 0 radical (unpaired) electrons. The lowest BCUT2D eigenvalue weighted by Gasteiger charge is -2.32. The minimum Gasteiger partial charge on any atom is -0.274 e. The Bertz CT molecular complexity index is 1040. The van der Waals surface area contributed by atoms with Crippen molar-refractivity contribution in [2.75, 3.05) is 4.90 Å². The van der Waals surface area contributed by atoms with E-state index in [1.54, 1.807) is 0 Å². The van der Waals surface area contributed by atoms with Crippen molar-refractivity contribution in [3.05, 3.63) is 113 Å². The molecule has 2 amide bonds. The molecule has 5 rings (SSSR count). The molecular weight excluding hydrogens is 438 g/mol. The molecule has 3 nitrogen and oxygen atoms in total. The molecule has 1 aliphatic heterocycles. The summed E-state index contributed by atoms with van der Waals surface area (Å²) in [7, 11) is 0. The van der Waals surface area contributed by atoms with Gasteiger partial charge in [0.25, 0.3) is 0 Å². The quantitative estimate of drug-likeness (QED) is 0.374. The monoisotopic (exact) mass is 457 g/mol. The van der Waals surface area contributed by atoms with Crippen molar-refractivity contribution >= 4 is 33.4 Å². The number of anilines is 1. The lowest BCUT2D eigenvalue weighted by atomic mass is 9.68. The van der Waals surface area contributed by atoms with E-state index in [0.29, 0.717) is 5.69 Å². The Morgan fingerprint density at radius 3 is 1.47 bits per heavy atom. The molecule has 0 bridgehead atoms. The van der Waals surface area contributed by atoms with Gasteiger partial charge in [0, 0.05) is 16.3 Å². The van der Waals surface area contributed by atoms with Crippen LogP contribution in [0.15, 0.2) is 102 Å². The molecule has 1 aliphatic carbocycles. The van der Waals surface area contributed by atoms with Gasteiger partial charge in [0.1, 0.15) is 0 Å². The zero-order valence-corrected chi connectivity index (χ0v) is 17.8. The van der Waals surface area contributed by atoms with Gasteiger partial charge in [-0.15, -0.1) is 0 Å². The molecule has 2 aliphatic rings. The molecule has 30 heavy (non-hydrogen) atoms. The SMILES string of the molecule is O=C1[C@H]2[C@H](C(=O)N1c1ccc(Br)cc1)[C@H](c1ccccc1)C=C[C@H]2c1ccccc1. The lowest BCUT2D eigenvalue weighted by molar-refractivity contribution is -0.122. The van der Waals surface area contributed by atoms with Crippen LogP contribution >= 0.6 is 15.9 Å². The predicted octanol–water partition coefficient (Wildman–Crippen LogP) is 5.69. The molecule has 0 spiro atoms. The minimum atomic E-state index is -0.418. The van der Waals surface area contributed by atoms with Crippen LogP contribution in [-0.2, 0) is 9.59 Å². The molecule has 0 unspecified atom stereocenters. The average molecular weight is 458 g/mol. The number of imide groups is 1. The van der Waals surface area contributed by atoms with Gasteiger partial charge in [0.15, 0.2) is 0 Å². The van der Waals surface area contributed by atoms with E-state index in [1.807, 2.05) is 84.9 Å². The van der Waals surface area contributed by atoms with E-state index in [-0.39, 0.29) is 23.7 Å². The van der Waals surface area contributed by atoms with E-state index in [2.05, 4.69) is 28.1 Å². The van der Waals surface area contributed by atoms with Gasteiger partial charge in [-0.05, 0) is 35.4 Å². The Morgan fingerprint density at radius 2 is 1.03 bits per heavy atom. The molecule has 0 saturated carbocycles. The number of amides is 2. The first kappa shape index (κ1) is 19.0. The Balaban J connectivity index is 1.63. The van der Waals surface area contributed by atoms with E-state index in [1.165, 1.54) is 4.90 Å². The number of carbonyl (C=O) groups is 2. The zero-order valence-electron chi connectivity index (χ0n) is 16.2. The van der Waals surface area contributed by atoms with Gasteiger partial charge in [0.05, 0.1) is 17.5 Å². The van der Waals surface area contributed by atoms with Crippen LogP contribution in [0.1, 0.15) is 23.0 Å². The van der Waals surface area contributed by atoms with E-state index >= 15 is 0 Å². The van der Waals surface area contributed by atoms with Crippen molar-refractivity contribution in [2.24, 2.45) is 11.8 Å². The summed E-state index contributed by atoms with van der Waals surface area (Å²) < 4.78 is 0.911. The fourth-order valence-electron chi connectivity index (χ4n) is 4.78. The fourth-order valence-corrected chi connectivity index (χ4v) is 5.04. The number of fused-ring (bicyclic) bond motifs is 1. The fraction of sp³-hybridized carbons (Fsp3) is 0.154. The zero-order chi connectivity index (χ0) is 20.7. The first-order chi connectivity index (χ1) is 14.6. The van der Waals surface area contributed by atoms with Crippen molar-refractivity contribution < 1.29 is 9.59 Å². The highest BCUT2D eigenvalue weighted by molar-refractivity contribution is 9.10. The van der Waals surface area contributed by atoms with Crippen LogP contribution < -0.4 is 4.90 Å². The Labute approximate surface area is 184 Å². The van der Waals surface area contributed by atoms with E-state index in [0.717, 1.165) is 15.6 Å². The van der Waals surface area contributed by atoms with Crippen LogP contribution in [0.25, 0.3) is 0 Å². The van der Waals surface area contributed by atoms with Gasteiger partial charge in [0.2, 0.25) is 11.8 Å². The molecule has 3 aromatic carbocycles. The third-order valence-electron chi connectivity index (χ3n) is 6.15. The molecule has 0 aromatic heterocycles. The highest BCUT2D eigenvalue weighted by Gasteiger charge is 2.55. The summed E-state index contributed by atoms with van der Waals surface area (Å²) in [4.78, 5) is 28.7. The number of benzene rings is 3. The molecule has 148 valence electrons. The number of nitrogens with zero attached hydrogens (tertiary/aromatic N) is 1. The number of hydrogen-bond donors (Lipinski definition) is 0. The van der Waals surface area contributed by atoms with Gasteiger partial charge < -0.3 is 0 Å². The second-order valence-corrected chi connectivity index (χ2v) is 8.71. The van der Waals surface area contributed by atoms with Gasteiger partial charge in [-0.25, -0.2) is 4.90 Å². The van der Waals surface area contributed by atoms with Gasteiger partial charge in [-0.1, -0.05) is 88.7 Å². The Kier molecular flexibility index (Phi) is 4.87. The summed E-state index contributed by atoms with van der Waals surface area (Å²) in [6.45, 7) is 0. The summed E-state index contributed by atoms with van der Waals surface area (Å²) in [6.07, 6.45) is 4.23. The van der Waals surface area contributed by atoms with Crippen LogP contribution in [-0.4, -0.2) is 11.8 Å². The number of allylic oxidation sites excluding steroid dienone is 2. The summed E-state index contributed by atoms with van der Waals surface area (Å²) >= 11 is 3.43. The highest BCUT2D eigenvalue weighted by Crippen LogP contribution is 2.50. The topological polar surface area (TPSA) is 37.4 Å². The molecule has 3 aromatic rings. The number of halogens is 1. The molecule has 4 atom stereocenters. The molecule has 0 N–H and O–H groups in total. The van der Waals surface area contributed by atoms with Crippen LogP contribution in [0.2, 0.25) is 0 Å². The van der Waals surface area contributed by atoms with E-state index in [9.17, 15) is 9.59 Å². The molecular formula is C26H20BrNO2. The largest absolute Gasteiger partial charge is 0.274 e. The summed E-state index contributed by atoms with van der Waals surface area (Å²) in [5.41, 5.74) is 2.75. The third kappa shape index (κ3) is 3.12. The smallest absolute Gasteiger partial charge is 0.238 e. The number of rotatable bonds is 3. The molecule has 1 saturated heterocycles. The second-order valence-electron chi connectivity index (χ2n) is 7.80. The van der Waals surface area contributed by atoms with E-state index < -0.39 is 11.8 Å². The standard InChI is InChI=1S/C26H20BrNO2/c27-19-11-13-20(14-12-19)28-25(29)23-21(17-7-3-1-4-8-17)15-16-22(24(23)26(28)30)18-9-5-2-6-10-18/h1-16,21-24H/t21-,22-,23+,24+/m0/s1. The van der Waals surface area contributed by atoms with Crippen molar-refractivity contribution in [2.45, 2.75) is 11.8 Å². The van der Waals surface area contributed by atoms with Crippen molar-refractivity contribution in [1.82, 2.24) is 0 Å². The average Bonchev–Trinajstić information content (AvgIpc) is 3.06. The van der Waals surface area contributed by atoms with Gasteiger partial charge in [-0.2, -0.15) is 0 Å². The van der Waals surface area contributed by atoms with Crippen molar-refractivity contribution in [3.63, 3.8) is 0 Å². The highest BCUT2D eigenvalue weighted by atomic mass is 79.9. The normalized spacial score (nSPS) is 25.4. The first-order valence-corrected chi connectivity index (χ1v) is 10.9. The summed E-state index contributed by atoms with van der Waals surface area (Å²) in [6, 6.07) is 27.4. The molecule has 4 heteroatoms. The third-order valence-corrected chi connectivity index (χ3v) is 6.68. The Morgan fingerprint density at radius 1 is 0.600 bits per heavy atom. The van der Waals surface area contributed by atoms with Crippen molar-refractivity contribution in [3.8, 4) is 0 Å². The lowest BCUT2D eigenvalue weighted by Crippen LogP contribution is -2.31. The second kappa shape index (κ2) is 7.69. The number of carbonyl (C=O) groups excluding carboxylic acids is 2. The maximum absolute atomic E-state index is 13.7. The summed E-state index contributed by atoms with van der Waals surface area (Å²) in [5.74, 6) is -1.31. The van der Waals surface area contributed by atoms with Gasteiger partial charge >= 0.3 is 0 Å². The molecule has 1 heterocycles. The van der Waals surface area contributed by atoms with Crippen LogP contribution in [0.5, 0.6) is 0 Å². The van der Waals surface area contributed by atoms with Crippen LogP contribution in [0.4, 0.5) is 5.69 Å². The minimum absolute atomic E-state index is 0.118. The van der Waals surface area contributed by atoms with Gasteiger partial charge in [-0.3, -0.25) is 9.59 Å². The van der Waals surface area contributed by atoms with Crippen LogP contribution in [0, 0.1) is 11.8 Å².